The van der Waals surface area contributed by atoms with E-state index in [0.717, 1.165) is 11.3 Å². The second-order valence-corrected chi connectivity index (χ2v) is 9.94. The second kappa shape index (κ2) is 10.4. The molecule has 3 rings (SSSR count). The standard InChI is InChI=1S/C24H31N3O5S/c1-5-22(28)27-14-13-17-15-20(11-12-21(17)27)33(30,31)26-23(16(3)4)24(29)25-18-7-9-19(10-8-18)32-6-2/h7-12,15-16,23,26H,5-6,13-14H2,1-4H3,(H,25,29)/t23-/m0/s1. The molecule has 2 aromatic carbocycles. The van der Waals surface area contributed by atoms with E-state index in [1.165, 1.54) is 6.07 Å². The number of benzene rings is 2. The summed E-state index contributed by atoms with van der Waals surface area (Å²) in [7, 11) is -3.96. The first-order chi connectivity index (χ1) is 15.7. The minimum atomic E-state index is -3.96. The summed E-state index contributed by atoms with van der Waals surface area (Å²) in [6.07, 6.45) is 0.983. The van der Waals surface area contributed by atoms with Crippen molar-refractivity contribution in [1.82, 2.24) is 4.72 Å². The lowest BCUT2D eigenvalue weighted by Crippen LogP contribution is -2.47. The van der Waals surface area contributed by atoms with E-state index in [2.05, 4.69) is 10.0 Å². The van der Waals surface area contributed by atoms with Crippen LogP contribution in [0, 0.1) is 5.92 Å². The van der Waals surface area contributed by atoms with E-state index in [9.17, 15) is 18.0 Å². The normalized spacial score (nSPS) is 14.2. The van der Waals surface area contributed by atoms with E-state index in [4.69, 9.17) is 4.74 Å². The van der Waals surface area contributed by atoms with E-state index >= 15 is 0 Å². The molecule has 0 aromatic heterocycles. The van der Waals surface area contributed by atoms with Crippen molar-refractivity contribution < 1.29 is 22.7 Å². The minimum absolute atomic E-state index is 0.00770. The van der Waals surface area contributed by atoms with Crippen LogP contribution in [-0.2, 0) is 26.0 Å². The molecule has 1 atom stereocenters. The van der Waals surface area contributed by atoms with Gasteiger partial charge in [-0.1, -0.05) is 20.8 Å². The lowest BCUT2D eigenvalue weighted by atomic mass is 10.0. The molecular weight excluding hydrogens is 442 g/mol. The molecule has 0 bridgehead atoms. The quantitative estimate of drug-likeness (QED) is 0.581. The summed E-state index contributed by atoms with van der Waals surface area (Å²) in [5.41, 5.74) is 2.10. The number of carbonyl (C=O) groups excluding carboxylic acids is 2. The Morgan fingerprint density at radius 3 is 2.39 bits per heavy atom. The van der Waals surface area contributed by atoms with Gasteiger partial charge in [-0.05, 0) is 67.3 Å². The fraction of sp³-hybridized carbons (Fsp3) is 0.417. The average Bonchev–Trinajstić information content (AvgIpc) is 3.21. The minimum Gasteiger partial charge on any atom is -0.494 e. The maximum atomic E-state index is 13.1. The number of sulfonamides is 1. The average molecular weight is 474 g/mol. The number of fused-ring (bicyclic) bond motifs is 1. The SMILES string of the molecule is CCOc1ccc(NC(=O)[C@@H](NS(=O)(=O)c2ccc3c(c2)CCN3C(=O)CC)C(C)C)cc1. The molecular formula is C24H31N3O5S. The topological polar surface area (TPSA) is 105 Å². The van der Waals surface area contributed by atoms with Gasteiger partial charge >= 0.3 is 0 Å². The Morgan fingerprint density at radius 2 is 1.79 bits per heavy atom. The summed E-state index contributed by atoms with van der Waals surface area (Å²) in [6, 6.07) is 10.7. The van der Waals surface area contributed by atoms with Crippen molar-refractivity contribution in [3.63, 3.8) is 0 Å². The van der Waals surface area contributed by atoms with Gasteiger partial charge in [-0.25, -0.2) is 8.42 Å². The van der Waals surface area contributed by atoms with Crippen molar-refractivity contribution in [2.24, 2.45) is 5.92 Å². The van der Waals surface area contributed by atoms with Gasteiger partial charge in [0.05, 0.1) is 11.5 Å². The summed E-state index contributed by atoms with van der Waals surface area (Å²) in [4.78, 5) is 26.8. The highest BCUT2D eigenvalue weighted by Crippen LogP contribution is 2.31. The third kappa shape index (κ3) is 5.72. The van der Waals surface area contributed by atoms with Gasteiger partial charge in [0.2, 0.25) is 21.8 Å². The summed E-state index contributed by atoms with van der Waals surface area (Å²) >= 11 is 0. The number of rotatable bonds is 9. The number of hydrogen-bond acceptors (Lipinski definition) is 5. The summed E-state index contributed by atoms with van der Waals surface area (Å²) < 4.78 is 34.2. The van der Waals surface area contributed by atoms with Gasteiger partial charge in [-0.15, -0.1) is 0 Å². The first kappa shape index (κ1) is 24.7. The van der Waals surface area contributed by atoms with Gasteiger partial charge in [-0.3, -0.25) is 9.59 Å². The third-order valence-corrected chi connectivity index (χ3v) is 6.96. The molecule has 0 saturated heterocycles. The molecule has 2 amide bonds. The van der Waals surface area contributed by atoms with E-state index in [1.807, 2.05) is 6.92 Å². The van der Waals surface area contributed by atoms with Crippen molar-refractivity contribution in [3.8, 4) is 5.75 Å². The molecule has 2 aromatic rings. The molecule has 8 nitrogen and oxygen atoms in total. The molecule has 0 radical (unpaired) electrons. The summed E-state index contributed by atoms with van der Waals surface area (Å²) in [5, 5.41) is 2.77. The molecule has 1 aliphatic heterocycles. The van der Waals surface area contributed by atoms with Crippen LogP contribution in [0.3, 0.4) is 0 Å². The molecule has 1 aliphatic rings. The van der Waals surface area contributed by atoms with Crippen molar-refractivity contribution in [1.29, 1.82) is 0 Å². The van der Waals surface area contributed by atoms with Gasteiger partial charge in [-0.2, -0.15) is 4.72 Å². The van der Waals surface area contributed by atoms with Gasteiger partial charge < -0.3 is 15.0 Å². The van der Waals surface area contributed by atoms with E-state index < -0.39 is 22.0 Å². The first-order valence-electron chi connectivity index (χ1n) is 11.2. The van der Waals surface area contributed by atoms with Crippen molar-refractivity contribution in [2.75, 3.05) is 23.4 Å². The van der Waals surface area contributed by atoms with Crippen LogP contribution in [0.4, 0.5) is 11.4 Å². The lowest BCUT2D eigenvalue weighted by Gasteiger charge is -2.22. The largest absolute Gasteiger partial charge is 0.494 e. The number of ether oxygens (including phenoxy) is 1. The zero-order chi connectivity index (χ0) is 24.2. The molecule has 2 N–H and O–H groups in total. The molecule has 0 fully saturated rings. The maximum absolute atomic E-state index is 13.1. The van der Waals surface area contributed by atoms with Crippen LogP contribution in [-0.4, -0.2) is 39.4 Å². The molecule has 33 heavy (non-hydrogen) atoms. The zero-order valence-electron chi connectivity index (χ0n) is 19.4. The molecule has 9 heteroatoms. The smallest absolute Gasteiger partial charge is 0.242 e. The van der Waals surface area contributed by atoms with Gasteiger partial charge in [0, 0.05) is 24.3 Å². The number of nitrogens with one attached hydrogen (secondary N) is 2. The van der Waals surface area contributed by atoms with Crippen LogP contribution in [0.2, 0.25) is 0 Å². The molecule has 0 unspecified atom stereocenters. The molecule has 178 valence electrons. The number of nitrogens with zero attached hydrogens (tertiary/aromatic N) is 1. The van der Waals surface area contributed by atoms with Gasteiger partial charge in [0.25, 0.3) is 0 Å². The van der Waals surface area contributed by atoms with Gasteiger partial charge in [0.15, 0.2) is 0 Å². The van der Waals surface area contributed by atoms with E-state index in [1.54, 1.807) is 62.1 Å². The van der Waals surface area contributed by atoms with Crippen LogP contribution in [0.15, 0.2) is 47.4 Å². The fourth-order valence-electron chi connectivity index (χ4n) is 3.74. The molecule has 0 spiro atoms. The van der Waals surface area contributed by atoms with Crippen molar-refractivity contribution in [3.05, 3.63) is 48.0 Å². The predicted octanol–water partition coefficient (Wildman–Crippen LogP) is 3.33. The Hall–Kier alpha value is -2.91. The van der Waals surface area contributed by atoms with Crippen LogP contribution >= 0.6 is 0 Å². The van der Waals surface area contributed by atoms with Gasteiger partial charge in [0.1, 0.15) is 11.8 Å². The van der Waals surface area contributed by atoms with Crippen LogP contribution < -0.4 is 19.7 Å². The first-order valence-corrected chi connectivity index (χ1v) is 12.6. The van der Waals surface area contributed by atoms with E-state index in [0.29, 0.717) is 37.4 Å². The van der Waals surface area contributed by atoms with Crippen LogP contribution in [0.1, 0.15) is 39.7 Å². The highest BCUT2D eigenvalue weighted by molar-refractivity contribution is 7.89. The third-order valence-electron chi connectivity index (χ3n) is 5.52. The lowest BCUT2D eigenvalue weighted by molar-refractivity contribution is -0.119. The Balaban J connectivity index is 1.76. The number of anilines is 2. The van der Waals surface area contributed by atoms with Crippen molar-refractivity contribution in [2.45, 2.75) is 51.5 Å². The Morgan fingerprint density at radius 1 is 1.09 bits per heavy atom. The molecule has 0 saturated carbocycles. The summed E-state index contributed by atoms with van der Waals surface area (Å²) in [5.74, 6) is -0.0334. The van der Waals surface area contributed by atoms with Crippen LogP contribution in [0.25, 0.3) is 0 Å². The number of hydrogen-bond donors (Lipinski definition) is 2. The molecule has 1 heterocycles. The second-order valence-electron chi connectivity index (χ2n) is 8.23. The number of carbonyl (C=O) groups is 2. The van der Waals surface area contributed by atoms with E-state index in [-0.39, 0.29) is 16.7 Å². The highest BCUT2D eigenvalue weighted by atomic mass is 32.2. The predicted molar refractivity (Wildman–Crippen MR) is 128 cm³/mol. The fourth-order valence-corrected chi connectivity index (χ4v) is 5.14. The summed E-state index contributed by atoms with van der Waals surface area (Å²) in [6.45, 7) is 8.32. The van der Waals surface area contributed by atoms with Crippen molar-refractivity contribution >= 4 is 33.2 Å². The Labute approximate surface area is 195 Å². The Kier molecular flexibility index (Phi) is 7.76. The Bertz CT molecular complexity index is 1110. The van der Waals surface area contributed by atoms with Crippen LogP contribution in [0.5, 0.6) is 5.75 Å². The molecule has 0 aliphatic carbocycles. The monoisotopic (exact) mass is 473 g/mol. The maximum Gasteiger partial charge on any atom is 0.242 e. The highest BCUT2D eigenvalue weighted by Gasteiger charge is 2.30. The zero-order valence-corrected chi connectivity index (χ0v) is 20.2. The number of amides is 2.